The Bertz CT molecular complexity index is 977. The molecule has 1 aromatic heterocycles. The number of aryl methyl sites for hydroxylation is 1. The molecule has 29 heavy (non-hydrogen) atoms. The maximum atomic E-state index is 12.8. The van der Waals surface area contributed by atoms with Crippen LogP contribution in [0.1, 0.15) is 47.4 Å². The molecule has 0 spiro atoms. The minimum Gasteiger partial charge on any atom is -0.339 e. The monoisotopic (exact) mass is 400 g/mol. The number of anilines is 1. The predicted molar refractivity (Wildman–Crippen MR) is 109 cm³/mol. The van der Waals surface area contributed by atoms with E-state index in [2.05, 4.69) is 5.32 Å². The number of aromatic nitrogens is 1. The van der Waals surface area contributed by atoms with Crippen LogP contribution in [0.3, 0.4) is 0 Å². The summed E-state index contributed by atoms with van der Waals surface area (Å²) in [5.74, 6) is -1.04. The van der Waals surface area contributed by atoms with Crippen molar-refractivity contribution in [1.82, 2.24) is 9.47 Å². The highest BCUT2D eigenvalue weighted by molar-refractivity contribution is 6.07. The van der Waals surface area contributed by atoms with E-state index in [0.29, 0.717) is 13.1 Å². The first-order chi connectivity index (χ1) is 13.8. The summed E-state index contributed by atoms with van der Waals surface area (Å²) >= 11 is 0. The summed E-state index contributed by atoms with van der Waals surface area (Å²) in [6.07, 6.45) is 3.00. The van der Waals surface area contributed by atoms with Crippen LogP contribution in [0.2, 0.25) is 0 Å². The van der Waals surface area contributed by atoms with Gasteiger partial charge in [-0.1, -0.05) is 26.0 Å². The Kier molecular flexibility index (Phi) is 7.24. The zero-order chi connectivity index (χ0) is 21.6. The van der Waals surface area contributed by atoms with E-state index in [1.807, 2.05) is 13.8 Å². The molecule has 0 aliphatic heterocycles. The Morgan fingerprint density at radius 1 is 1.17 bits per heavy atom. The van der Waals surface area contributed by atoms with Crippen LogP contribution < -0.4 is 10.9 Å². The average molecular weight is 400 g/mol. The van der Waals surface area contributed by atoms with E-state index in [-0.39, 0.29) is 28.4 Å². The van der Waals surface area contributed by atoms with Crippen molar-refractivity contribution in [3.63, 3.8) is 0 Å². The molecule has 0 unspecified atom stereocenters. The van der Waals surface area contributed by atoms with Crippen molar-refractivity contribution in [3.8, 4) is 0 Å². The zero-order valence-electron chi connectivity index (χ0n) is 16.7. The maximum Gasteiger partial charge on any atom is 0.282 e. The zero-order valence-corrected chi connectivity index (χ0v) is 16.7. The number of nitro benzene ring substituents is 1. The predicted octanol–water partition coefficient (Wildman–Crippen LogP) is 2.81. The van der Waals surface area contributed by atoms with Crippen LogP contribution >= 0.6 is 0 Å². The van der Waals surface area contributed by atoms with Gasteiger partial charge in [0.25, 0.3) is 23.1 Å². The molecule has 0 aliphatic rings. The Hall–Kier alpha value is -3.49. The Morgan fingerprint density at radius 3 is 2.38 bits per heavy atom. The normalized spacial score (nSPS) is 10.4. The van der Waals surface area contributed by atoms with Gasteiger partial charge in [-0.25, -0.2) is 0 Å². The number of hydrogen-bond acceptors (Lipinski definition) is 5. The average Bonchev–Trinajstić information content (AvgIpc) is 2.70. The highest BCUT2D eigenvalue weighted by Gasteiger charge is 2.22. The van der Waals surface area contributed by atoms with Crippen LogP contribution in [0.4, 0.5) is 11.4 Å². The number of para-hydroxylation sites is 1. The summed E-state index contributed by atoms with van der Waals surface area (Å²) in [7, 11) is 1.48. The summed E-state index contributed by atoms with van der Waals surface area (Å²) in [5.41, 5.74) is -0.923. The first kappa shape index (κ1) is 21.8. The van der Waals surface area contributed by atoms with Gasteiger partial charge in [-0.05, 0) is 25.0 Å². The van der Waals surface area contributed by atoms with Gasteiger partial charge in [0.15, 0.2) is 0 Å². The highest BCUT2D eigenvalue weighted by atomic mass is 16.6. The van der Waals surface area contributed by atoms with E-state index in [9.17, 15) is 24.5 Å². The van der Waals surface area contributed by atoms with Crippen molar-refractivity contribution >= 4 is 23.2 Å². The van der Waals surface area contributed by atoms with Gasteiger partial charge in [0.1, 0.15) is 11.3 Å². The molecule has 2 amide bonds. The third-order valence-electron chi connectivity index (χ3n) is 4.30. The lowest BCUT2D eigenvalue weighted by Gasteiger charge is -2.22. The van der Waals surface area contributed by atoms with Crippen molar-refractivity contribution in [3.05, 3.63) is 68.1 Å². The van der Waals surface area contributed by atoms with Crippen molar-refractivity contribution in [1.29, 1.82) is 0 Å². The third-order valence-corrected chi connectivity index (χ3v) is 4.30. The lowest BCUT2D eigenvalue weighted by molar-refractivity contribution is -0.385. The van der Waals surface area contributed by atoms with Gasteiger partial charge >= 0.3 is 0 Å². The number of benzene rings is 1. The molecule has 0 aliphatic carbocycles. The molecule has 0 atom stereocenters. The Labute approximate surface area is 168 Å². The first-order valence-electron chi connectivity index (χ1n) is 9.34. The number of nitro groups is 1. The van der Waals surface area contributed by atoms with Gasteiger partial charge in [-0.2, -0.15) is 0 Å². The number of carbonyl (C=O) groups is 2. The third kappa shape index (κ3) is 5.07. The lowest BCUT2D eigenvalue weighted by atomic mass is 10.1. The molecule has 0 saturated carbocycles. The largest absolute Gasteiger partial charge is 0.339 e. The molecule has 0 saturated heterocycles. The van der Waals surface area contributed by atoms with Crippen molar-refractivity contribution < 1.29 is 14.5 Å². The molecule has 2 rings (SSSR count). The van der Waals surface area contributed by atoms with Crippen LogP contribution in [0.25, 0.3) is 0 Å². The Morgan fingerprint density at radius 2 is 1.79 bits per heavy atom. The minimum absolute atomic E-state index is 0.116. The van der Waals surface area contributed by atoms with Crippen LogP contribution in [0.5, 0.6) is 0 Å². The molecule has 0 fully saturated rings. The summed E-state index contributed by atoms with van der Waals surface area (Å²) < 4.78 is 1.21. The molecule has 1 N–H and O–H groups in total. The fraction of sp³-hybridized carbons (Fsp3) is 0.350. The topological polar surface area (TPSA) is 115 Å². The summed E-state index contributed by atoms with van der Waals surface area (Å²) in [6, 6.07) is 6.77. The molecule has 0 bridgehead atoms. The number of nitrogens with zero attached hydrogens (tertiary/aromatic N) is 3. The first-order valence-corrected chi connectivity index (χ1v) is 9.34. The molecule has 0 radical (unpaired) electrons. The van der Waals surface area contributed by atoms with E-state index >= 15 is 0 Å². The van der Waals surface area contributed by atoms with Gasteiger partial charge in [0.2, 0.25) is 0 Å². The van der Waals surface area contributed by atoms with Crippen LogP contribution in [0.15, 0.2) is 41.3 Å². The SMILES string of the molecule is CCCN(CCC)C(=O)c1cc(NC(=O)c2ccccc2[N+](=O)[O-])c(=O)n(C)c1. The Balaban J connectivity index is 2.39. The van der Waals surface area contributed by atoms with Crippen molar-refractivity contribution in [2.45, 2.75) is 26.7 Å². The van der Waals surface area contributed by atoms with Crippen LogP contribution in [-0.2, 0) is 7.05 Å². The number of pyridine rings is 1. The number of hydrogen-bond donors (Lipinski definition) is 1. The molecule has 2 aromatic rings. The van der Waals surface area contributed by atoms with E-state index in [4.69, 9.17) is 0 Å². The number of carbonyl (C=O) groups excluding carboxylic acids is 2. The van der Waals surface area contributed by atoms with Gasteiger partial charge in [0, 0.05) is 32.4 Å². The standard InChI is InChI=1S/C20H24N4O5/c1-4-10-23(11-5-2)19(26)14-12-16(20(27)22(3)13-14)21-18(25)15-8-6-7-9-17(15)24(28)29/h6-9,12-13H,4-5,10-11H2,1-3H3,(H,21,25). The second-order valence-corrected chi connectivity index (χ2v) is 6.58. The van der Waals surface area contributed by atoms with Crippen molar-refractivity contribution in [2.75, 3.05) is 18.4 Å². The number of amides is 2. The molecule has 154 valence electrons. The lowest BCUT2D eigenvalue weighted by Crippen LogP contribution is -2.34. The second kappa shape index (κ2) is 9.63. The van der Waals surface area contributed by atoms with Crippen molar-refractivity contribution in [2.24, 2.45) is 7.05 Å². The molecular formula is C20H24N4O5. The van der Waals surface area contributed by atoms with Crippen LogP contribution in [-0.4, -0.2) is 39.3 Å². The maximum absolute atomic E-state index is 12.8. The molecule has 1 aromatic carbocycles. The molecular weight excluding hydrogens is 376 g/mol. The van der Waals surface area contributed by atoms with Gasteiger partial charge < -0.3 is 14.8 Å². The minimum atomic E-state index is -0.794. The van der Waals surface area contributed by atoms with E-state index in [1.54, 1.807) is 4.90 Å². The fourth-order valence-corrected chi connectivity index (χ4v) is 2.97. The van der Waals surface area contributed by atoms with Gasteiger partial charge in [-0.3, -0.25) is 24.5 Å². The fourth-order valence-electron chi connectivity index (χ4n) is 2.97. The summed E-state index contributed by atoms with van der Waals surface area (Å²) in [4.78, 5) is 50.0. The van der Waals surface area contributed by atoms with Gasteiger partial charge in [-0.15, -0.1) is 0 Å². The molecule has 9 heteroatoms. The quantitative estimate of drug-likeness (QED) is 0.540. The van der Waals surface area contributed by atoms with E-state index in [0.717, 1.165) is 12.8 Å². The van der Waals surface area contributed by atoms with Crippen LogP contribution in [0, 0.1) is 10.1 Å². The number of rotatable bonds is 8. The molecule has 9 nitrogen and oxygen atoms in total. The summed E-state index contributed by atoms with van der Waals surface area (Å²) in [6.45, 7) is 5.09. The number of nitrogens with one attached hydrogen (secondary N) is 1. The van der Waals surface area contributed by atoms with Gasteiger partial charge in [0.05, 0.1) is 10.5 Å². The molecule has 1 heterocycles. The van der Waals surface area contributed by atoms with E-state index in [1.165, 1.54) is 48.1 Å². The summed E-state index contributed by atoms with van der Waals surface area (Å²) in [5, 5.41) is 13.6. The second-order valence-electron chi connectivity index (χ2n) is 6.58. The highest BCUT2D eigenvalue weighted by Crippen LogP contribution is 2.19. The van der Waals surface area contributed by atoms with E-state index < -0.39 is 16.4 Å². The smallest absolute Gasteiger partial charge is 0.282 e.